The molecule has 0 heterocycles. The zero-order chi connectivity index (χ0) is 20.0. The number of aryl methyl sites for hydroxylation is 1. The van der Waals surface area contributed by atoms with Crippen LogP contribution in [0, 0.1) is 6.92 Å². The van der Waals surface area contributed by atoms with E-state index in [2.05, 4.69) is 10.6 Å². The monoisotopic (exact) mass is 407 g/mol. The zero-order valence-electron chi connectivity index (χ0n) is 15.9. The van der Waals surface area contributed by atoms with Gasteiger partial charge < -0.3 is 15.4 Å². The van der Waals surface area contributed by atoms with Crippen LogP contribution in [-0.2, 0) is 16.4 Å². The van der Waals surface area contributed by atoms with Gasteiger partial charge in [-0.1, -0.05) is 18.2 Å². The normalized spacial score (nSPS) is 11.3. The Bertz CT molecular complexity index is 895. The van der Waals surface area contributed by atoms with Gasteiger partial charge in [0.15, 0.2) is 5.11 Å². The average molecular weight is 408 g/mol. The van der Waals surface area contributed by atoms with E-state index in [1.807, 2.05) is 31.2 Å². The Morgan fingerprint density at radius 3 is 2.41 bits per heavy atom. The van der Waals surface area contributed by atoms with Crippen LogP contribution in [0.1, 0.15) is 11.1 Å². The zero-order valence-corrected chi connectivity index (χ0v) is 17.6. The number of nitrogens with one attached hydrogen (secondary N) is 2. The summed E-state index contributed by atoms with van der Waals surface area (Å²) < 4.78 is 30.9. The molecule has 0 unspecified atom stereocenters. The van der Waals surface area contributed by atoms with Crippen LogP contribution in [0.5, 0.6) is 5.75 Å². The van der Waals surface area contributed by atoms with Gasteiger partial charge in [0.2, 0.25) is 10.0 Å². The van der Waals surface area contributed by atoms with E-state index in [4.69, 9.17) is 17.0 Å². The highest BCUT2D eigenvalue weighted by atomic mass is 32.2. The third kappa shape index (κ3) is 5.66. The first kappa shape index (κ1) is 21.1. The van der Waals surface area contributed by atoms with Crippen molar-refractivity contribution >= 4 is 33.0 Å². The maximum atomic E-state index is 12.3. The predicted octanol–water partition coefficient (Wildman–Crippen LogP) is 2.78. The van der Waals surface area contributed by atoms with Crippen LogP contribution in [0.2, 0.25) is 0 Å². The summed E-state index contributed by atoms with van der Waals surface area (Å²) in [5, 5.41) is 6.68. The molecule has 0 spiro atoms. The molecular weight excluding hydrogens is 382 g/mol. The first-order valence-electron chi connectivity index (χ1n) is 8.45. The highest BCUT2D eigenvalue weighted by molar-refractivity contribution is 7.89. The lowest BCUT2D eigenvalue weighted by molar-refractivity contribution is 0.414. The van der Waals surface area contributed by atoms with Crippen LogP contribution in [0.25, 0.3) is 0 Å². The summed E-state index contributed by atoms with van der Waals surface area (Å²) in [5.74, 6) is 0.826. The summed E-state index contributed by atoms with van der Waals surface area (Å²) in [7, 11) is 1.16. The summed E-state index contributed by atoms with van der Waals surface area (Å²) in [6.45, 7) is 2.56. The van der Waals surface area contributed by atoms with Gasteiger partial charge >= 0.3 is 0 Å². The molecule has 2 aromatic carbocycles. The first-order valence-corrected chi connectivity index (χ1v) is 10.3. The highest BCUT2D eigenvalue weighted by Gasteiger charge is 2.18. The SMILES string of the molecule is COc1ccc(CCNC(=S)Nc2cc(S(=O)(=O)N(C)C)ccc2C)cc1. The number of ether oxygens (including phenoxy) is 1. The van der Waals surface area contributed by atoms with Crippen molar-refractivity contribution in [3.63, 3.8) is 0 Å². The highest BCUT2D eigenvalue weighted by Crippen LogP contribution is 2.22. The van der Waals surface area contributed by atoms with Crippen molar-refractivity contribution in [2.45, 2.75) is 18.2 Å². The second-order valence-electron chi connectivity index (χ2n) is 6.24. The molecule has 2 aromatic rings. The minimum Gasteiger partial charge on any atom is -0.497 e. The van der Waals surface area contributed by atoms with Crippen molar-refractivity contribution < 1.29 is 13.2 Å². The van der Waals surface area contributed by atoms with E-state index in [1.54, 1.807) is 25.3 Å². The van der Waals surface area contributed by atoms with E-state index in [-0.39, 0.29) is 4.90 Å². The summed E-state index contributed by atoms with van der Waals surface area (Å²) in [4.78, 5) is 0.224. The number of benzene rings is 2. The third-order valence-corrected chi connectivity index (χ3v) is 6.15. The van der Waals surface area contributed by atoms with E-state index in [9.17, 15) is 8.42 Å². The number of hydrogen-bond acceptors (Lipinski definition) is 4. The molecule has 0 aliphatic carbocycles. The Morgan fingerprint density at radius 2 is 1.81 bits per heavy atom. The molecule has 2 N–H and O–H groups in total. The number of thiocarbonyl (C=S) groups is 1. The molecule has 6 nitrogen and oxygen atoms in total. The van der Waals surface area contributed by atoms with Gasteiger partial charge in [0, 0.05) is 26.3 Å². The fourth-order valence-electron chi connectivity index (χ4n) is 2.39. The number of sulfonamides is 1. The van der Waals surface area contributed by atoms with Crippen LogP contribution >= 0.6 is 12.2 Å². The first-order chi connectivity index (χ1) is 12.7. The Labute approximate surface area is 166 Å². The van der Waals surface area contributed by atoms with E-state index in [0.717, 1.165) is 17.7 Å². The molecule has 0 atom stereocenters. The van der Waals surface area contributed by atoms with Gasteiger partial charge in [-0.05, 0) is 61.0 Å². The van der Waals surface area contributed by atoms with Gasteiger partial charge in [0.1, 0.15) is 5.75 Å². The van der Waals surface area contributed by atoms with Gasteiger partial charge in [-0.3, -0.25) is 0 Å². The van der Waals surface area contributed by atoms with Gasteiger partial charge in [0.25, 0.3) is 0 Å². The van der Waals surface area contributed by atoms with Crippen molar-refractivity contribution in [3.8, 4) is 5.75 Å². The quantitative estimate of drug-likeness (QED) is 0.688. The number of hydrogen-bond donors (Lipinski definition) is 2. The van der Waals surface area contributed by atoms with Gasteiger partial charge in [-0.25, -0.2) is 12.7 Å². The molecule has 0 bridgehead atoms. The minimum absolute atomic E-state index is 0.224. The maximum absolute atomic E-state index is 12.3. The van der Waals surface area contributed by atoms with Gasteiger partial charge in [-0.2, -0.15) is 0 Å². The van der Waals surface area contributed by atoms with Gasteiger partial charge in [0.05, 0.1) is 12.0 Å². The molecule has 8 heteroatoms. The molecule has 0 saturated carbocycles. The second-order valence-corrected chi connectivity index (χ2v) is 8.80. The molecule has 0 saturated heterocycles. The van der Waals surface area contributed by atoms with Crippen LogP contribution in [0.4, 0.5) is 5.69 Å². The van der Waals surface area contributed by atoms with E-state index in [1.165, 1.54) is 24.0 Å². The second kappa shape index (κ2) is 9.16. The Kier molecular flexibility index (Phi) is 7.18. The lowest BCUT2D eigenvalue weighted by Gasteiger charge is -2.16. The minimum atomic E-state index is -3.49. The smallest absolute Gasteiger partial charge is 0.242 e. The molecule has 27 heavy (non-hydrogen) atoms. The molecule has 0 fully saturated rings. The van der Waals surface area contributed by atoms with Crippen LogP contribution in [-0.4, -0.2) is 45.6 Å². The molecule has 0 radical (unpaired) electrons. The Balaban J connectivity index is 1.96. The molecule has 0 aromatic heterocycles. The van der Waals surface area contributed by atoms with Crippen molar-refractivity contribution in [1.29, 1.82) is 0 Å². The Morgan fingerprint density at radius 1 is 1.15 bits per heavy atom. The predicted molar refractivity (Wildman–Crippen MR) is 113 cm³/mol. The summed E-state index contributed by atoms with van der Waals surface area (Å²) in [6, 6.07) is 12.8. The van der Waals surface area contributed by atoms with Crippen molar-refractivity contribution in [3.05, 3.63) is 53.6 Å². The van der Waals surface area contributed by atoms with Crippen LogP contribution in [0.3, 0.4) is 0 Å². The van der Waals surface area contributed by atoms with E-state index in [0.29, 0.717) is 17.3 Å². The molecule has 146 valence electrons. The van der Waals surface area contributed by atoms with Crippen molar-refractivity contribution in [2.75, 3.05) is 33.1 Å². The topological polar surface area (TPSA) is 70.7 Å². The fourth-order valence-corrected chi connectivity index (χ4v) is 3.53. The summed E-state index contributed by atoms with van der Waals surface area (Å²) in [5.41, 5.74) is 2.74. The average Bonchev–Trinajstić information content (AvgIpc) is 2.63. The Hall–Kier alpha value is -2.16. The number of anilines is 1. The summed E-state index contributed by atoms with van der Waals surface area (Å²) in [6.07, 6.45) is 0.805. The lowest BCUT2D eigenvalue weighted by Crippen LogP contribution is -2.30. The molecule has 0 amide bonds. The maximum Gasteiger partial charge on any atom is 0.242 e. The molecule has 0 aliphatic heterocycles. The number of methoxy groups -OCH3 is 1. The van der Waals surface area contributed by atoms with Crippen molar-refractivity contribution in [1.82, 2.24) is 9.62 Å². The van der Waals surface area contributed by atoms with Crippen LogP contribution in [0.15, 0.2) is 47.4 Å². The molecule has 0 aliphatic rings. The molecule has 2 rings (SSSR count). The van der Waals surface area contributed by atoms with Gasteiger partial charge in [-0.15, -0.1) is 0 Å². The third-order valence-electron chi connectivity index (χ3n) is 4.09. The number of rotatable bonds is 7. The standard InChI is InChI=1S/C19H25N3O3S2/c1-14-5-10-17(27(23,24)22(2)3)13-18(14)21-19(26)20-12-11-15-6-8-16(25-4)9-7-15/h5-10,13H,11-12H2,1-4H3,(H2,20,21,26). The van der Waals surface area contributed by atoms with Crippen molar-refractivity contribution in [2.24, 2.45) is 0 Å². The number of nitrogens with zero attached hydrogens (tertiary/aromatic N) is 1. The summed E-state index contributed by atoms with van der Waals surface area (Å²) >= 11 is 5.34. The van der Waals surface area contributed by atoms with E-state index >= 15 is 0 Å². The lowest BCUT2D eigenvalue weighted by atomic mass is 10.1. The largest absolute Gasteiger partial charge is 0.497 e. The van der Waals surface area contributed by atoms with Crippen LogP contribution < -0.4 is 15.4 Å². The fraction of sp³-hybridized carbons (Fsp3) is 0.316. The molecular formula is C19H25N3O3S2. The van der Waals surface area contributed by atoms with E-state index < -0.39 is 10.0 Å².